The van der Waals surface area contributed by atoms with Crippen LogP contribution in [0, 0.1) is 12.8 Å². The summed E-state index contributed by atoms with van der Waals surface area (Å²) < 4.78 is 7.19. The maximum atomic E-state index is 12.3. The molecule has 1 atom stereocenters. The van der Waals surface area contributed by atoms with Crippen LogP contribution in [0.15, 0.2) is 60.0 Å². The van der Waals surface area contributed by atoms with Crippen LogP contribution in [0.2, 0.25) is 0 Å². The number of benzene rings is 1. The Morgan fingerprint density at radius 1 is 1.32 bits per heavy atom. The summed E-state index contributed by atoms with van der Waals surface area (Å²) >= 11 is 0. The Morgan fingerprint density at radius 3 is 2.71 bits per heavy atom. The topological polar surface area (TPSA) is 71.8 Å². The number of aromatic nitrogens is 1. The van der Waals surface area contributed by atoms with Gasteiger partial charge >= 0.3 is 5.97 Å². The lowest BCUT2D eigenvalue weighted by Gasteiger charge is -2.24. The molecule has 0 saturated heterocycles. The minimum atomic E-state index is -0.393. The van der Waals surface area contributed by atoms with Crippen LogP contribution in [-0.2, 0) is 22.7 Å². The number of nitrogens with zero attached hydrogens (tertiary/aromatic N) is 2. The molecule has 0 fully saturated rings. The average molecular weight is 384 g/mol. The van der Waals surface area contributed by atoms with Gasteiger partial charge in [-0.2, -0.15) is 0 Å². The monoisotopic (exact) mass is 384 g/mol. The SMILES string of the molecule is C=CC(C)CN(CCn1ccc(=O)c(O)c1C)CC(=O)OCc1ccccc1. The van der Waals surface area contributed by atoms with Crippen molar-refractivity contribution in [2.75, 3.05) is 19.6 Å². The number of aromatic hydroxyl groups is 1. The molecule has 28 heavy (non-hydrogen) atoms. The summed E-state index contributed by atoms with van der Waals surface area (Å²) in [5.74, 6) is -0.319. The first kappa shape index (κ1) is 21.4. The quantitative estimate of drug-likeness (QED) is 0.504. The number of pyridine rings is 1. The summed E-state index contributed by atoms with van der Waals surface area (Å²) in [5.41, 5.74) is 1.06. The Bertz CT molecular complexity index is 845. The predicted octanol–water partition coefficient (Wildman–Crippen LogP) is 2.73. The van der Waals surface area contributed by atoms with Crippen molar-refractivity contribution in [1.29, 1.82) is 0 Å². The van der Waals surface area contributed by atoms with Crippen LogP contribution >= 0.6 is 0 Å². The lowest BCUT2D eigenvalue weighted by molar-refractivity contribution is -0.146. The van der Waals surface area contributed by atoms with Gasteiger partial charge in [-0.3, -0.25) is 14.5 Å². The summed E-state index contributed by atoms with van der Waals surface area (Å²) in [5, 5.41) is 9.83. The molecule has 1 N–H and O–H groups in total. The molecule has 2 rings (SSSR count). The fraction of sp³-hybridized carbons (Fsp3) is 0.364. The van der Waals surface area contributed by atoms with Crippen LogP contribution in [0.25, 0.3) is 0 Å². The van der Waals surface area contributed by atoms with E-state index in [4.69, 9.17) is 4.74 Å². The summed E-state index contributed by atoms with van der Waals surface area (Å²) in [7, 11) is 0. The van der Waals surface area contributed by atoms with E-state index < -0.39 is 5.43 Å². The molecule has 1 aromatic carbocycles. The van der Waals surface area contributed by atoms with Gasteiger partial charge in [0.2, 0.25) is 5.43 Å². The van der Waals surface area contributed by atoms with Gasteiger partial charge in [-0.25, -0.2) is 0 Å². The van der Waals surface area contributed by atoms with Crippen molar-refractivity contribution in [2.24, 2.45) is 5.92 Å². The zero-order chi connectivity index (χ0) is 20.5. The number of carbonyl (C=O) groups is 1. The van der Waals surface area contributed by atoms with Crippen LogP contribution in [0.4, 0.5) is 0 Å². The van der Waals surface area contributed by atoms with Gasteiger partial charge in [-0.05, 0) is 18.4 Å². The molecular formula is C22H28N2O4. The first-order valence-electron chi connectivity index (χ1n) is 9.34. The van der Waals surface area contributed by atoms with Crippen LogP contribution in [-0.4, -0.2) is 40.2 Å². The van der Waals surface area contributed by atoms with E-state index in [0.717, 1.165) is 5.56 Å². The largest absolute Gasteiger partial charge is 0.503 e. The second-order valence-electron chi connectivity index (χ2n) is 6.90. The maximum Gasteiger partial charge on any atom is 0.320 e. The summed E-state index contributed by atoms with van der Waals surface area (Å²) in [4.78, 5) is 25.8. The van der Waals surface area contributed by atoms with Crippen LogP contribution < -0.4 is 5.43 Å². The first-order valence-corrected chi connectivity index (χ1v) is 9.34. The lowest BCUT2D eigenvalue weighted by Crippen LogP contribution is -2.36. The molecule has 0 radical (unpaired) electrons. The van der Waals surface area contributed by atoms with Crippen molar-refractivity contribution in [3.05, 3.63) is 76.7 Å². The molecule has 0 aliphatic rings. The highest BCUT2D eigenvalue weighted by Crippen LogP contribution is 2.10. The van der Waals surface area contributed by atoms with Gasteiger partial charge in [0, 0.05) is 31.9 Å². The van der Waals surface area contributed by atoms with Crippen LogP contribution in [0.5, 0.6) is 5.75 Å². The van der Waals surface area contributed by atoms with E-state index in [-0.39, 0.29) is 30.8 Å². The predicted molar refractivity (Wildman–Crippen MR) is 109 cm³/mol. The number of ether oxygens (including phenoxy) is 1. The standard InChI is InChI=1S/C22H28N2O4/c1-4-17(2)14-23(12-13-24-11-10-20(25)22(27)18(24)3)15-21(26)28-16-19-8-6-5-7-9-19/h4-11,17,27H,1,12-16H2,2-3H3. The Hall–Kier alpha value is -2.86. The third-order valence-electron chi connectivity index (χ3n) is 4.61. The summed E-state index contributed by atoms with van der Waals surface area (Å²) in [6, 6.07) is 10.9. The number of esters is 1. The van der Waals surface area contributed by atoms with Crippen molar-refractivity contribution >= 4 is 5.97 Å². The Kier molecular flexibility index (Phi) is 8.02. The van der Waals surface area contributed by atoms with Gasteiger partial charge in [-0.1, -0.05) is 43.3 Å². The first-order chi connectivity index (χ1) is 13.4. The number of hydrogen-bond acceptors (Lipinski definition) is 5. The molecule has 2 aromatic rings. The second kappa shape index (κ2) is 10.5. The van der Waals surface area contributed by atoms with Gasteiger partial charge in [0.1, 0.15) is 6.61 Å². The minimum Gasteiger partial charge on any atom is -0.503 e. The molecule has 0 amide bonds. The van der Waals surface area contributed by atoms with E-state index in [1.54, 1.807) is 17.7 Å². The zero-order valence-corrected chi connectivity index (χ0v) is 16.5. The molecule has 0 spiro atoms. The molecule has 1 unspecified atom stereocenters. The van der Waals surface area contributed by atoms with Crippen molar-refractivity contribution in [1.82, 2.24) is 9.47 Å². The highest BCUT2D eigenvalue weighted by molar-refractivity contribution is 5.71. The van der Waals surface area contributed by atoms with E-state index in [2.05, 4.69) is 6.58 Å². The molecule has 0 saturated carbocycles. The van der Waals surface area contributed by atoms with Crippen LogP contribution in [0.3, 0.4) is 0 Å². The Morgan fingerprint density at radius 2 is 2.04 bits per heavy atom. The van der Waals surface area contributed by atoms with Gasteiger partial charge in [0.15, 0.2) is 5.75 Å². The molecule has 0 aliphatic carbocycles. The minimum absolute atomic E-state index is 0.163. The van der Waals surface area contributed by atoms with Crippen molar-refractivity contribution in [3.63, 3.8) is 0 Å². The highest BCUT2D eigenvalue weighted by Gasteiger charge is 2.15. The normalized spacial score (nSPS) is 12.0. The molecular weight excluding hydrogens is 356 g/mol. The van der Waals surface area contributed by atoms with E-state index in [1.165, 1.54) is 6.07 Å². The number of carbonyl (C=O) groups excluding carboxylic acids is 1. The molecule has 6 heteroatoms. The fourth-order valence-corrected chi connectivity index (χ4v) is 2.84. The van der Waals surface area contributed by atoms with Crippen molar-refractivity contribution in [3.8, 4) is 5.75 Å². The van der Waals surface area contributed by atoms with Crippen molar-refractivity contribution in [2.45, 2.75) is 27.0 Å². The summed E-state index contributed by atoms with van der Waals surface area (Å²) in [6.45, 7) is 9.72. The second-order valence-corrected chi connectivity index (χ2v) is 6.90. The van der Waals surface area contributed by atoms with E-state index in [0.29, 0.717) is 25.3 Å². The van der Waals surface area contributed by atoms with Gasteiger partial charge in [0.25, 0.3) is 0 Å². The zero-order valence-electron chi connectivity index (χ0n) is 16.5. The highest BCUT2D eigenvalue weighted by atomic mass is 16.5. The maximum absolute atomic E-state index is 12.3. The molecule has 1 heterocycles. The lowest BCUT2D eigenvalue weighted by atomic mass is 10.1. The third-order valence-corrected chi connectivity index (χ3v) is 4.61. The van der Waals surface area contributed by atoms with Gasteiger partial charge < -0.3 is 14.4 Å². The Balaban J connectivity index is 1.97. The third kappa shape index (κ3) is 6.39. The van der Waals surface area contributed by atoms with E-state index >= 15 is 0 Å². The molecule has 0 aliphatic heterocycles. The molecule has 6 nitrogen and oxygen atoms in total. The van der Waals surface area contributed by atoms with Crippen molar-refractivity contribution < 1.29 is 14.6 Å². The van der Waals surface area contributed by atoms with Crippen LogP contribution in [0.1, 0.15) is 18.2 Å². The van der Waals surface area contributed by atoms with Gasteiger partial charge in [-0.15, -0.1) is 6.58 Å². The molecule has 150 valence electrons. The number of hydrogen-bond donors (Lipinski definition) is 1. The van der Waals surface area contributed by atoms with E-state index in [1.807, 2.05) is 48.2 Å². The number of rotatable bonds is 10. The summed E-state index contributed by atoms with van der Waals surface area (Å²) in [6.07, 6.45) is 3.50. The van der Waals surface area contributed by atoms with Gasteiger partial charge in [0.05, 0.1) is 12.2 Å². The molecule has 1 aromatic heterocycles. The molecule has 0 bridgehead atoms. The fourth-order valence-electron chi connectivity index (χ4n) is 2.84. The van der Waals surface area contributed by atoms with E-state index in [9.17, 15) is 14.7 Å². The average Bonchev–Trinajstić information content (AvgIpc) is 2.70. The smallest absolute Gasteiger partial charge is 0.320 e. The Labute approximate surface area is 165 Å².